The number of likely N-dealkylation sites (tertiary alicyclic amines) is 2. The summed E-state index contributed by atoms with van der Waals surface area (Å²) in [6, 6.07) is 4.40. The van der Waals surface area contributed by atoms with Crippen LogP contribution in [0, 0.1) is 0 Å². The van der Waals surface area contributed by atoms with Crippen molar-refractivity contribution in [3.8, 4) is 0 Å². The second-order valence-electron chi connectivity index (χ2n) is 11.4. The summed E-state index contributed by atoms with van der Waals surface area (Å²) in [6.07, 6.45) is 1.48. The molecule has 0 aliphatic carbocycles. The van der Waals surface area contributed by atoms with E-state index in [4.69, 9.17) is 27.9 Å². The van der Waals surface area contributed by atoms with Crippen LogP contribution in [-0.4, -0.2) is 84.0 Å². The molecule has 5 rings (SSSR count). The number of aliphatic hydroxyl groups is 1. The third-order valence-electron chi connectivity index (χ3n) is 7.21. The second kappa shape index (κ2) is 14.0. The van der Waals surface area contributed by atoms with Crippen molar-refractivity contribution >= 4 is 79.2 Å². The van der Waals surface area contributed by atoms with Gasteiger partial charge in [0.2, 0.25) is 11.9 Å². The Kier molecular flexibility index (Phi) is 11.3. The van der Waals surface area contributed by atoms with Crippen LogP contribution < -0.4 is 10.9 Å². The molecule has 236 valence electrons. The van der Waals surface area contributed by atoms with Gasteiger partial charge in [-0.2, -0.15) is 32.1 Å². The molecule has 2 atom stereocenters. The number of aromatic amines is 1. The first-order chi connectivity index (χ1) is 19.4. The van der Waals surface area contributed by atoms with Crippen LogP contribution in [0.15, 0.2) is 29.2 Å². The number of anilines is 1. The maximum atomic E-state index is 13.4. The van der Waals surface area contributed by atoms with Crippen LogP contribution in [0.3, 0.4) is 0 Å². The Morgan fingerprint density at radius 1 is 1.16 bits per heavy atom. The number of nitrogens with zero attached hydrogens (tertiary/aromatic N) is 5. The monoisotopic (exact) mass is 673 g/mol. The lowest BCUT2D eigenvalue weighted by Gasteiger charge is -2.35. The van der Waals surface area contributed by atoms with Crippen molar-refractivity contribution in [2.75, 3.05) is 25.0 Å². The smallest absolute Gasteiger partial charge is 0.411 e. The van der Waals surface area contributed by atoms with E-state index in [2.05, 4.69) is 20.4 Å². The normalized spacial score (nSPS) is 19.1. The standard InChI is InChI=1S/C27H33Cl2N7O5.2H2S/c1-27(2,3)41-26(40)35-14-17(37)11-21(35)24(39)34-8-6-16(7-9-34)36-22-20(13-31-36)32-25(33-23(22)38)30-12-15-4-5-18(28)19(29)10-15;;/h4-5,10,13,16-17,21,37H,6-9,11-12,14H2,1-3H3,(H2,30,32,33,38);2*1H2/t17-,21-;;/m0../s1. The number of carbonyl (C=O) groups excluding carboxylic acids is 2. The molecule has 2 aliphatic heterocycles. The Morgan fingerprint density at radius 3 is 2.51 bits per heavy atom. The van der Waals surface area contributed by atoms with Crippen molar-refractivity contribution in [1.29, 1.82) is 0 Å². The topological polar surface area (TPSA) is 146 Å². The minimum Gasteiger partial charge on any atom is -0.444 e. The summed E-state index contributed by atoms with van der Waals surface area (Å²) in [5.74, 6) is 0.0928. The van der Waals surface area contributed by atoms with Crippen molar-refractivity contribution in [2.24, 2.45) is 0 Å². The van der Waals surface area contributed by atoms with Gasteiger partial charge < -0.3 is 20.1 Å². The van der Waals surface area contributed by atoms with Crippen LogP contribution in [0.4, 0.5) is 10.7 Å². The lowest BCUT2D eigenvalue weighted by Crippen LogP contribution is -2.51. The summed E-state index contributed by atoms with van der Waals surface area (Å²) in [7, 11) is 0. The number of hydrogen-bond donors (Lipinski definition) is 3. The van der Waals surface area contributed by atoms with Gasteiger partial charge in [0.1, 0.15) is 17.2 Å². The van der Waals surface area contributed by atoms with Crippen molar-refractivity contribution in [2.45, 2.75) is 70.4 Å². The Bertz CT molecular complexity index is 1520. The Morgan fingerprint density at radius 2 is 1.86 bits per heavy atom. The lowest BCUT2D eigenvalue weighted by atomic mass is 10.0. The van der Waals surface area contributed by atoms with E-state index in [0.717, 1.165) is 5.56 Å². The quantitative estimate of drug-likeness (QED) is 0.371. The fourth-order valence-electron chi connectivity index (χ4n) is 5.28. The van der Waals surface area contributed by atoms with Gasteiger partial charge in [-0.05, 0) is 51.3 Å². The molecule has 2 aliphatic rings. The van der Waals surface area contributed by atoms with Crippen LogP contribution in [0.5, 0.6) is 0 Å². The second-order valence-corrected chi connectivity index (χ2v) is 12.2. The number of aliphatic hydroxyl groups excluding tert-OH is 1. The van der Waals surface area contributed by atoms with Gasteiger partial charge in [0.05, 0.1) is 34.9 Å². The van der Waals surface area contributed by atoms with Crippen LogP contribution in [-0.2, 0) is 16.1 Å². The summed E-state index contributed by atoms with van der Waals surface area (Å²) in [4.78, 5) is 49.4. The molecule has 1 aromatic carbocycles. The molecule has 2 fully saturated rings. The molecule has 0 saturated carbocycles. The average molecular weight is 675 g/mol. The number of β-amino-alcohol motifs (C(OH)–C–C–N with tert-alkyl or cyclic N) is 1. The molecule has 0 unspecified atom stereocenters. The predicted octanol–water partition coefficient (Wildman–Crippen LogP) is 3.80. The molecule has 0 spiro atoms. The number of hydrogen-bond acceptors (Lipinski definition) is 8. The van der Waals surface area contributed by atoms with Gasteiger partial charge >= 0.3 is 6.09 Å². The SMILES string of the molecule is CC(C)(C)OC(=O)N1C[C@@H](O)C[C@H]1C(=O)N1CCC(n2ncc3nc(NCc4ccc(Cl)c(Cl)c4)[nH]c(=O)c32)CC1.S.S. The number of carbonyl (C=O) groups is 2. The van der Waals surface area contributed by atoms with Crippen LogP contribution in [0.25, 0.3) is 11.0 Å². The average Bonchev–Trinajstić information content (AvgIpc) is 3.52. The highest BCUT2D eigenvalue weighted by atomic mass is 35.5. The summed E-state index contributed by atoms with van der Waals surface area (Å²) in [6.45, 7) is 6.56. The molecule has 0 radical (unpaired) electrons. The summed E-state index contributed by atoms with van der Waals surface area (Å²) >= 11 is 12.1. The zero-order valence-corrected chi connectivity index (χ0v) is 27.6. The van der Waals surface area contributed by atoms with Crippen molar-refractivity contribution in [1.82, 2.24) is 29.5 Å². The van der Waals surface area contributed by atoms with Crippen molar-refractivity contribution in [3.05, 3.63) is 50.4 Å². The first-order valence-electron chi connectivity index (χ1n) is 13.5. The van der Waals surface area contributed by atoms with Gasteiger partial charge in [-0.3, -0.25) is 24.2 Å². The molecule has 2 saturated heterocycles. The predicted molar refractivity (Wildman–Crippen MR) is 175 cm³/mol. The van der Waals surface area contributed by atoms with Gasteiger partial charge in [0.25, 0.3) is 5.56 Å². The number of nitrogens with one attached hydrogen (secondary N) is 2. The molecule has 2 aromatic heterocycles. The Balaban J connectivity index is 0.00000253. The number of amides is 2. The van der Waals surface area contributed by atoms with E-state index in [-0.39, 0.29) is 57.5 Å². The lowest BCUT2D eigenvalue weighted by molar-refractivity contribution is -0.137. The minimum absolute atomic E-state index is 0. The van der Waals surface area contributed by atoms with Crippen LogP contribution in [0.2, 0.25) is 10.0 Å². The van der Waals surface area contributed by atoms with Gasteiger partial charge in [-0.1, -0.05) is 29.3 Å². The van der Waals surface area contributed by atoms with Crippen molar-refractivity contribution < 1.29 is 19.4 Å². The number of benzene rings is 1. The number of rotatable bonds is 5. The molecule has 0 bridgehead atoms. The first-order valence-corrected chi connectivity index (χ1v) is 14.3. The number of piperidine rings is 1. The van der Waals surface area contributed by atoms with E-state index in [9.17, 15) is 19.5 Å². The summed E-state index contributed by atoms with van der Waals surface area (Å²) in [5.41, 5.74) is 0.662. The molecule has 4 heterocycles. The van der Waals surface area contributed by atoms with Gasteiger partial charge in [-0.25, -0.2) is 9.78 Å². The molecule has 3 N–H and O–H groups in total. The largest absolute Gasteiger partial charge is 0.444 e. The molecular formula is C27H37Cl2N7O5S2. The fourth-order valence-corrected chi connectivity index (χ4v) is 5.60. The molecule has 3 aromatic rings. The van der Waals surface area contributed by atoms with E-state index in [1.54, 1.807) is 48.7 Å². The zero-order chi connectivity index (χ0) is 29.5. The zero-order valence-electron chi connectivity index (χ0n) is 24.1. The molecular weight excluding hydrogens is 637 g/mol. The maximum Gasteiger partial charge on any atom is 0.411 e. The molecule has 12 nitrogen and oxygen atoms in total. The maximum absolute atomic E-state index is 13.4. The van der Waals surface area contributed by atoms with Gasteiger partial charge in [-0.15, -0.1) is 0 Å². The number of H-pyrrole nitrogens is 1. The fraction of sp³-hybridized carbons (Fsp3) is 0.519. The number of aromatic nitrogens is 4. The number of ether oxygens (including phenoxy) is 1. The van der Waals surface area contributed by atoms with E-state index < -0.39 is 23.8 Å². The van der Waals surface area contributed by atoms with E-state index in [1.807, 2.05) is 6.07 Å². The Hall–Kier alpha value is -2.65. The molecule has 16 heteroatoms. The van der Waals surface area contributed by atoms with Gasteiger partial charge in [0.15, 0.2) is 5.52 Å². The van der Waals surface area contributed by atoms with E-state index in [1.165, 1.54) is 4.90 Å². The minimum atomic E-state index is -0.785. The first kappa shape index (κ1) is 34.8. The Labute approximate surface area is 272 Å². The summed E-state index contributed by atoms with van der Waals surface area (Å²) < 4.78 is 7.13. The summed E-state index contributed by atoms with van der Waals surface area (Å²) in [5, 5.41) is 18.7. The highest BCUT2D eigenvalue weighted by Gasteiger charge is 2.43. The number of halogens is 2. The van der Waals surface area contributed by atoms with E-state index in [0.29, 0.717) is 59.5 Å². The van der Waals surface area contributed by atoms with E-state index >= 15 is 0 Å². The van der Waals surface area contributed by atoms with Crippen molar-refractivity contribution in [3.63, 3.8) is 0 Å². The van der Waals surface area contributed by atoms with Gasteiger partial charge in [0, 0.05) is 26.1 Å². The third-order valence-corrected chi connectivity index (χ3v) is 7.95. The van der Waals surface area contributed by atoms with Crippen LogP contribution >= 0.6 is 50.2 Å². The molecule has 2 amide bonds. The molecule has 43 heavy (non-hydrogen) atoms. The highest BCUT2D eigenvalue weighted by Crippen LogP contribution is 2.28. The number of fused-ring (bicyclic) bond motifs is 1. The highest BCUT2D eigenvalue weighted by molar-refractivity contribution is 7.59. The van der Waals surface area contributed by atoms with Crippen LogP contribution in [0.1, 0.15) is 51.6 Å². The third kappa shape index (κ3) is 7.90.